The third-order valence-corrected chi connectivity index (χ3v) is 3.92. The van der Waals surface area contributed by atoms with E-state index < -0.39 is 0 Å². The van der Waals surface area contributed by atoms with Gasteiger partial charge in [0.1, 0.15) is 5.82 Å². The van der Waals surface area contributed by atoms with Gasteiger partial charge in [0.15, 0.2) is 5.96 Å². The molecular weight excluding hydrogens is 300 g/mol. The second-order valence-corrected chi connectivity index (χ2v) is 5.50. The van der Waals surface area contributed by atoms with E-state index in [1.54, 1.807) is 7.05 Å². The number of hydrogen-bond donors (Lipinski definition) is 2. The summed E-state index contributed by atoms with van der Waals surface area (Å²) in [5, 5.41) is 6.61. The second kappa shape index (κ2) is 7.59. The van der Waals surface area contributed by atoms with Gasteiger partial charge >= 0.3 is 0 Å². The lowest BCUT2D eigenvalue weighted by Crippen LogP contribution is -2.38. The normalized spacial score (nSPS) is 11.7. The topological polar surface area (TPSA) is 67.1 Å². The first kappa shape index (κ1) is 16.0. The minimum absolute atomic E-state index is 0.619. The summed E-state index contributed by atoms with van der Waals surface area (Å²) in [7, 11) is 3.80. The first-order valence-corrected chi connectivity index (χ1v) is 8.02. The molecule has 2 N–H and O–H groups in total. The standard InChI is InChI=1S/C18H22N6/c1-19-18(21-12-10-14-7-5-6-11-20-14)22-13-17-23-15-8-3-4-9-16(15)24(17)2/h3-9,11H,10,12-13H2,1-2H3,(H2,19,21,22). The Morgan fingerprint density at radius 1 is 1.12 bits per heavy atom. The van der Waals surface area contributed by atoms with Crippen LogP contribution >= 0.6 is 0 Å². The van der Waals surface area contributed by atoms with Crippen molar-refractivity contribution in [1.82, 2.24) is 25.2 Å². The minimum Gasteiger partial charge on any atom is -0.356 e. The Kier molecular flexibility index (Phi) is 5.05. The maximum absolute atomic E-state index is 4.65. The van der Waals surface area contributed by atoms with Crippen molar-refractivity contribution < 1.29 is 0 Å². The molecule has 2 heterocycles. The largest absolute Gasteiger partial charge is 0.356 e. The number of aromatic nitrogens is 3. The van der Waals surface area contributed by atoms with E-state index in [9.17, 15) is 0 Å². The average molecular weight is 322 g/mol. The zero-order valence-electron chi connectivity index (χ0n) is 14.0. The van der Waals surface area contributed by atoms with E-state index in [1.807, 2.05) is 49.6 Å². The van der Waals surface area contributed by atoms with Crippen molar-refractivity contribution in [3.05, 3.63) is 60.2 Å². The number of benzene rings is 1. The van der Waals surface area contributed by atoms with Crippen LogP contribution in [0.1, 0.15) is 11.5 Å². The number of guanidine groups is 1. The predicted molar refractivity (Wildman–Crippen MR) is 96.9 cm³/mol. The van der Waals surface area contributed by atoms with Crippen LogP contribution in [0.25, 0.3) is 11.0 Å². The molecule has 0 fully saturated rings. The van der Waals surface area contributed by atoms with Crippen molar-refractivity contribution in [2.75, 3.05) is 13.6 Å². The van der Waals surface area contributed by atoms with Crippen LogP contribution in [-0.2, 0) is 20.0 Å². The van der Waals surface area contributed by atoms with Crippen molar-refractivity contribution in [2.24, 2.45) is 12.0 Å². The highest BCUT2D eigenvalue weighted by atomic mass is 15.2. The van der Waals surface area contributed by atoms with Crippen LogP contribution < -0.4 is 10.6 Å². The van der Waals surface area contributed by atoms with Crippen LogP contribution in [0.2, 0.25) is 0 Å². The maximum Gasteiger partial charge on any atom is 0.191 e. The van der Waals surface area contributed by atoms with Gasteiger partial charge in [-0.25, -0.2) is 4.98 Å². The van der Waals surface area contributed by atoms with Crippen LogP contribution in [0.15, 0.2) is 53.7 Å². The van der Waals surface area contributed by atoms with E-state index >= 15 is 0 Å². The van der Waals surface area contributed by atoms with Crippen molar-refractivity contribution in [2.45, 2.75) is 13.0 Å². The molecule has 0 amide bonds. The molecule has 0 radical (unpaired) electrons. The number of aryl methyl sites for hydroxylation is 1. The molecule has 0 aliphatic carbocycles. The number of nitrogens with one attached hydrogen (secondary N) is 2. The highest BCUT2D eigenvalue weighted by Crippen LogP contribution is 2.13. The zero-order valence-corrected chi connectivity index (χ0v) is 14.0. The Hall–Kier alpha value is -2.89. The molecule has 0 saturated carbocycles. The van der Waals surface area contributed by atoms with Crippen molar-refractivity contribution in [1.29, 1.82) is 0 Å². The van der Waals surface area contributed by atoms with Gasteiger partial charge in [0.25, 0.3) is 0 Å². The fourth-order valence-corrected chi connectivity index (χ4v) is 2.59. The average Bonchev–Trinajstić information content (AvgIpc) is 2.95. The van der Waals surface area contributed by atoms with E-state index in [1.165, 1.54) is 0 Å². The molecule has 3 aromatic rings. The number of pyridine rings is 1. The number of imidazole rings is 1. The second-order valence-electron chi connectivity index (χ2n) is 5.50. The van der Waals surface area contributed by atoms with Crippen molar-refractivity contribution >= 4 is 17.0 Å². The van der Waals surface area contributed by atoms with Gasteiger partial charge in [0.05, 0.1) is 17.6 Å². The van der Waals surface area contributed by atoms with Crippen LogP contribution in [0, 0.1) is 0 Å². The molecule has 2 aromatic heterocycles. The molecule has 0 unspecified atom stereocenters. The fourth-order valence-electron chi connectivity index (χ4n) is 2.59. The molecule has 6 nitrogen and oxygen atoms in total. The lowest BCUT2D eigenvalue weighted by molar-refractivity contribution is 0.731. The number of fused-ring (bicyclic) bond motifs is 1. The monoisotopic (exact) mass is 322 g/mol. The Balaban J connectivity index is 1.54. The van der Waals surface area contributed by atoms with E-state index in [4.69, 9.17) is 0 Å². The summed E-state index contributed by atoms with van der Waals surface area (Å²) < 4.78 is 2.10. The van der Waals surface area contributed by atoms with E-state index in [-0.39, 0.29) is 0 Å². The van der Waals surface area contributed by atoms with Gasteiger partial charge in [-0.3, -0.25) is 9.98 Å². The molecule has 1 aromatic carbocycles. The molecule has 0 saturated heterocycles. The van der Waals surface area contributed by atoms with Crippen LogP contribution in [0.4, 0.5) is 0 Å². The number of rotatable bonds is 5. The summed E-state index contributed by atoms with van der Waals surface area (Å²) in [5.74, 6) is 1.74. The van der Waals surface area contributed by atoms with Crippen molar-refractivity contribution in [3.8, 4) is 0 Å². The van der Waals surface area contributed by atoms with Gasteiger partial charge in [-0.05, 0) is 24.3 Å². The lowest BCUT2D eigenvalue weighted by Gasteiger charge is -2.11. The first-order chi connectivity index (χ1) is 11.8. The van der Waals surface area contributed by atoms with E-state index in [0.717, 1.165) is 41.5 Å². The Morgan fingerprint density at radius 2 is 1.96 bits per heavy atom. The molecule has 24 heavy (non-hydrogen) atoms. The first-order valence-electron chi connectivity index (χ1n) is 8.02. The van der Waals surface area contributed by atoms with E-state index in [2.05, 4.69) is 36.2 Å². The van der Waals surface area contributed by atoms with Crippen molar-refractivity contribution in [3.63, 3.8) is 0 Å². The molecule has 0 spiro atoms. The van der Waals surface area contributed by atoms with Crippen LogP contribution in [-0.4, -0.2) is 34.1 Å². The predicted octanol–water partition coefficient (Wildman–Crippen LogP) is 1.88. The van der Waals surface area contributed by atoms with Gasteiger partial charge in [-0.15, -0.1) is 0 Å². The molecule has 6 heteroatoms. The summed E-state index contributed by atoms with van der Waals surface area (Å²) in [6.07, 6.45) is 2.67. The molecular formula is C18H22N6. The van der Waals surface area contributed by atoms with Gasteiger partial charge in [0, 0.05) is 39.0 Å². The molecule has 0 aliphatic heterocycles. The Bertz CT molecular complexity index is 822. The van der Waals surface area contributed by atoms with E-state index in [0.29, 0.717) is 6.54 Å². The lowest BCUT2D eigenvalue weighted by atomic mass is 10.3. The number of nitrogens with zero attached hydrogens (tertiary/aromatic N) is 4. The summed E-state index contributed by atoms with van der Waals surface area (Å²) in [6, 6.07) is 14.1. The minimum atomic E-state index is 0.619. The summed E-state index contributed by atoms with van der Waals surface area (Å²) in [5.41, 5.74) is 3.21. The van der Waals surface area contributed by atoms with Crippen LogP contribution in [0.5, 0.6) is 0 Å². The SMILES string of the molecule is CN=C(NCCc1ccccn1)NCc1nc2ccccc2n1C. The fraction of sp³-hybridized carbons (Fsp3) is 0.278. The Morgan fingerprint density at radius 3 is 2.71 bits per heavy atom. The quantitative estimate of drug-likeness (QED) is 0.556. The smallest absolute Gasteiger partial charge is 0.191 e. The van der Waals surface area contributed by atoms with Gasteiger partial charge in [-0.2, -0.15) is 0 Å². The summed E-state index contributed by atoms with van der Waals surface area (Å²) in [6.45, 7) is 1.40. The Labute approximate surface area is 141 Å². The zero-order chi connectivity index (χ0) is 16.8. The summed E-state index contributed by atoms with van der Waals surface area (Å²) >= 11 is 0. The third-order valence-electron chi connectivity index (χ3n) is 3.92. The molecule has 3 rings (SSSR count). The number of para-hydroxylation sites is 2. The molecule has 0 aliphatic rings. The van der Waals surface area contributed by atoms with Gasteiger partial charge in [0.2, 0.25) is 0 Å². The van der Waals surface area contributed by atoms with Crippen LogP contribution in [0.3, 0.4) is 0 Å². The van der Waals surface area contributed by atoms with Gasteiger partial charge in [-0.1, -0.05) is 18.2 Å². The molecule has 0 bridgehead atoms. The third kappa shape index (κ3) is 3.71. The highest BCUT2D eigenvalue weighted by molar-refractivity contribution is 5.80. The molecule has 124 valence electrons. The molecule has 0 atom stereocenters. The maximum atomic E-state index is 4.65. The van der Waals surface area contributed by atoms with Gasteiger partial charge < -0.3 is 15.2 Å². The summed E-state index contributed by atoms with van der Waals surface area (Å²) in [4.78, 5) is 13.2. The number of hydrogen-bond acceptors (Lipinski definition) is 3. The highest BCUT2D eigenvalue weighted by Gasteiger charge is 2.07. The number of aliphatic imine (C=N–C) groups is 1.